The third-order valence-corrected chi connectivity index (χ3v) is 4.28. The van der Waals surface area contributed by atoms with Crippen LogP contribution in [0, 0.1) is 5.92 Å². The van der Waals surface area contributed by atoms with Crippen LogP contribution in [-0.4, -0.2) is 31.2 Å². The van der Waals surface area contributed by atoms with Gasteiger partial charge in [-0.1, -0.05) is 25.7 Å². The van der Waals surface area contributed by atoms with Gasteiger partial charge >= 0.3 is 0 Å². The van der Waals surface area contributed by atoms with Gasteiger partial charge in [0.15, 0.2) is 0 Å². The predicted molar refractivity (Wildman–Crippen MR) is 86.6 cm³/mol. The topological polar surface area (TPSA) is 52.6 Å². The summed E-state index contributed by atoms with van der Waals surface area (Å²) in [5.74, 6) is 0.864. The minimum atomic E-state index is 0.110. The Hall–Kier alpha value is -1.55. The number of hydrogen-bond acceptors (Lipinski definition) is 3. The Bertz CT molecular complexity index is 439. The molecule has 0 radical (unpaired) electrons. The quantitative estimate of drug-likeness (QED) is 0.811. The van der Waals surface area contributed by atoms with E-state index in [2.05, 4.69) is 5.32 Å². The minimum absolute atomic E-state index is 0.110. The summed E-state index contributed by atoms with van der Waals surface area (Å²) in [6, 6.07) is 7.75. The van der Waals surface area contributed by atoms with Crippen molar-refractivity contribution in [1.82, 2.24) is 0 Å². The van der Waals surface area contributed by atoms with E-state index in [9.17, 15) is 4.79 Å². The van der Waals surface area contributed by atoms with Crippen molar-refractivity contribution in [3.05, 3.63) is 24.3 Å². The largest absolute Gasteiger partial charge is 0.395 e. The molecule has 0 bridgehead atoms. The molecule has 21 heavy (non-hydrogen) atoms. The lowest BCUT2D eigenvalue weighted by atomic mass is 10.0. The Morgan fingerprint density at radius 1 is 1.29 bits per heavy atom. The van der Waals surface area contributed by atoms with Crippen molar-refractivity contribution in [3.63, 3.8) is 0 Å². The molecule has 4 heteroatoms. The van der Waals surface area contributed by atoms with E-state index >= 15 is 0 Å². The van der Waals surface area contributed by atoms with Crippen LogP contribution >= 0.6 is 0 Å². The number of rotatable bonds is 7. The molecule has 2 rings (SSSR count). The predicted octanol–water partition coefficient (Wildman–Crippen LogP) is 3.02. The molecule has 1 aromatic carbocycles. The van der Waals surface area contributed by atoms with E-state index in [1.54, 1.807) is 0 Å². The standard InChI is InChI=1S/C17H26N2O2/c1-19(12-13-20)16-9-7-15(8-10-16)18-17(21)11-6-14-4-2-3-5-14/h7-10,14,20H,2-6,11-13H2,1H3,(H,18,21). The third kappa shape index (κ3) is 5.05. The molecule has 1 fully saturated rings. The first-order chi connectivity index (χ1) is 10.2. The molecule has 4 nitrogen and oxygen atoms in total. The second-order valence-corrected chi connectivity index (χ2v) is 5.93. The van der Waals surface area contributed by atoms with Gasteiger partial charge in [-0.2, -0.15) is 0 Å². The fourth-order valence-electron chi connectivity index (χ4n) is 2.94. The maximum Gasteiger partial charge on any atom is 0.224 e. The highest BCUT2D eigenvalue weighted by atomic mass is 16.3. The summed E-state index contributed by atoms with van der Waals surface area (Å²) in [5, 5.41) is 11.9. The molecule has 0 saturated heterocycles. The number of anilines is 2. The maximum absolute atomic E-state index is 11.9. The van der Waals surface area contributed by atoms with Crippen molar-refractivity contribution < 1.29 is 9.90 Å². The van der Waals surface area contributed by atoms with Gasteiger partial charge in [0.2, 0.25) is 5.91 Å². The molecule has 1 amide bonds. The Morgan fingerprint density at radius 2 is 1.95 bits per heavy atom. The van der Waals surface area contributed by atoms with Gasteiger partial charge in [0.05, 0.1) is 6.61 Å². The van der Waals surface area contributed by atoms with Crippen molar-refractivity contribution >= 4 is 17.3 Å². The highest BCUT2D eigenvalue weighted by Gasteiger charge is 2.16. The SMILES string of the molecule is CN(CCO)c1ccc(NC(=O)CCC2CCCC2)cc1. The van der Waals surface area contributed by atoms with Gasteiger partial charge in [-0.25, -0.2) is 0 Å². The van der Waals surface area contributed by atoms with Gasteiger partial charge in [-0.05, 0) is 36.6 Å². The molecular weight excluding hydrogens is 264 g/mol. The van der Waals surface area contributed by atoms with Gasteiger partial charge in [0.1, 0.15) is 0 Å². The van der Waals surface area contributed by atoms with Crippen molar-refractivity contribution in [1.29, 1.82) is 0 Å². The van der Waals surface area contributed by atoms with Crippen LogP contribution in [0.5, 0.6) is 0 Å². The first kappa shape index (κ1) is 15.8. The molecule has 1 aliphatic carbocycles. The summed E-state index contributed by atoms with van der Waals surface area (Å²) in [7, 11) is 1.94. The van der Waals surface area contributed by atoms with E-state index in [-0.39, 0.29) is 12.5 Å². The fourth-order valence-corrected chi connectivity index (χ4v) is 2.94. The summed E-state index contributed by atoms with van der Waals surface area (Å²) in [6.07, 6.45) is 6.88. The first-order valence-corrected chi connectivity index (χ1v) is 7.91. The monoisotopic (exact) mass is 290 g/mol. The van der Waals surface area contributed by atoms with Gasteiger partial charge in [-0.15, -0.1) is 0 Å². The van der Waals surface area contributed by atoms with Crippen molar-refractivity contribution in [2.75, 3.05) is 30.4 Å². The number of amides is 1. The van der Waals surface area contributed by atoms with Gasteiger partial charge in [0, 0.05) is 31.4 Å². The molecule has 116 valence electrons. The number of aliphatic hydroxyl groups is 1. The van der Waals surface area contributed by atoms with E-state index in [0.717, 1.165) is 23.7 Å². The van der Waals surface area contributed by atoms with Crippen LogP contribution in [0.2, 0.25) is 0 Å². The van der Waals surface area contributed by atoms with Crippen LogP contribution in [0.25, 0.3) is 0 Å². The highest BCUT2D eigenvalue weighted by Crippen LogP contribution is 2.28. The van der Waals surface area contributed by atoms with Crippen molar-refractivity contribution in [2.45, 2.75) is 38.5 Å². The Labute approximate surface area is 127 Å². The van der Waals surface area contributed by atoms with Crippen LogP contribution in [0.1, 0.15) is 38.5 Å². The van der Waals surface area contributed by atoms with Gasteiger partial charge in [-0.3, -0.25) is 4.79 Å². The summed E-state index contributed by atoms with van der Waals surface area (Å²) in [4.78, 5) is 13.9. The molecule has 0 unspecified atom stereocenters. The Morgan fingerprint density at radius 3 is 2.57 bits per heavy atom. The number of carbonyl (C=O) groups excluding carboxylic acids is 1. The number of nitrogens with zero attached hydrogens (tertiary/aromatic N) is 1. The van der Waals surface area contributed by atoms with E-state index in [0.29, 0.717) is 13.0 Å². The smallest absolute Gasteiger partial charge is 0.224 e. The number of nitrogens with one attached hydrogen (secondary N) is 1. The van der Waals surface area contributed by atoms with E-state index < -0.39 is 0 Å². The van der Waals surface area contributed by atoms with Crippen LogP contribution in [0.15, 0.2) is 24.3 Å². The Balaban J connectivity index is 1.77. The summed E-state index contributed by atoms with van der Waals surface area (Å²) < 4.78 is 0. The van der Waals surface area contributed by atoms with Crippen molar-refractivity contribution in [3.8, 4) is 0 Å². The molecule has 0 aliphatic heterocycles. The molecule has 2 N–H and O–H groups in total. The molecular formula is C17H26N2O2. The average Bonchev–Trinajstić information content (AvgIpc) is 2.99. The van der Waals surface area contributed by atoms with Crippen LogP contribution in [-0.2, 0) is 4.79 Å². The lowest BCUT2D eigenvalue weighted by Crippen LogP contribution is -2.21. The normalized spacial score (nSPS) is 15.1. The second kappa shape index (κ2) is 8.03. The zero-order valence-corrected chi connectivity index (χ0v) is 12.8. The minimum Gasteiger partial charge on any atom is -0.395 e. The maximum atomic E-state index is 11.9. The summed E-state index contributed by atoms with van der Waals surface area (Å²) in [5.41, 5.74) is 1.88. The Kier molecular flexibility index (Phi) is 6.05. The number of carbonyl (C=O) groups is 1. The highest BCUT2D eigenvalue weighted by molar-refractivity contribution is 5.90. The molecule has 0 heterocycles. The van der Waals surface area contributed by atoms with Crippen molar-refractivity contribution in [2.24, 2.45) is 5.92 Å². The zero-order chi connectivity index (χ0) is 15.1. The first-order valence-electron chi connectivity index (χ1n) is 7.91. The molecule has 0 atom stereocenters. The van der Waals surface area contributed by atoms with Gasteiger partial charge in [0.25, 0.3) is 0 Å². The number of likely N-dealkylation sites (N-methyl/N-ethyl adjacent to an activating group) is 1. The fraction of sp³-hybridized carbons (Fsp3) is 0.588. The lowest BCUT2D eigenvalue weighted by molar-refractivity contribution is -0.116. The number of hydrogen-bond donors (Lipinski definition) is 2. The average molecular weight is 290 g/mol. The third-order valence-electron chi connectivity index (χ3n) is 4.28. The zero-order valence-electron chi connectivity index (χ0n) is 12.8. The second-order valence-electron chi connectivity index (χ2n) is 5.93. The van der Waals surface area contributed by atoms with E-state index in [1.165, 1.54) is 25.7 Å². The van der Waals surface area contributed by atoms with E-state index in [1.807, 2.05) is 36.2 Å². The van der Waals surface area contributed by atoms with E-state index in [4.69, 9.17) is 5.11 Å². The summed E-state index contributed by atoms with van der Waals surface area (Å²) in [6.45, 7) is 0.739. The molecule has 1 saturated carbocycles. The van der Waals surface area contributed by atoms with Gasteiger partial charge < -0.3 is 15.3 Å². The molecule has 0 aromatic heterocycles. The summed E-state index contributed by atoms with van der Waals surface area (Å²) >= 11 is 0. The van der Waals surface area contributed by atoms with Crippen LogP contribution in [0.3, 0.4) is 0 Å². The molecule has 1 aromatic rings. The van der Waals surface area contributed by atoms with Crippen LogP contribution in [0.4, 0.5) is 11.4 Å². The lowest BCUT2D eigenvalue weighted by Gasteiger charge is -2.18. The molecule has 1 aliphatic rings. The number of aliphatic hydroxyl groups excluding tert-OH is 1. The van der Waals surface area contributed by atoms with Crippen LogP contribution < -0.4 is 10.2 Å². The molecule has 0 spiro atoms. The number of benzene rings is 1.